The van der Waals surface area contributed by atoms with Gasteiger partial charge in [0.05, 0.1) is 19.1 Å². The Balaban J connectivity index is 0. The summed E-state index contributed by atoms with van der Waals surface area (Å²) in [6, 6.07) is 9.69. The number of aliphatic hydroxyl groups is 1. The molecule has 0 aromatic heterocycles. The second-order valence-corrected chi connectivity index (χ2v) is 4.21. The monoisotopic (exact) mass is 310 g/mol. The Labute approximate surface area is 136 Å². The first-order chi connectivity index (χ1) is 10.7. The zero-order chi connectivity index (χ0) is 17.5. The SMILES string of the molecule is CC.CC.CC.COC(=O)C1CCC(O)C1c1ccccc1. The van der Waals surface area contributed by atoms with E-state index < -0.39 is 6.10 Å². The molecule has 1 saturated carbocycles. The minimum atomic E-state index is -0.438. The molecule has 1 aliphatic rings. The molecule has 0 radical (unpaired) electrons. The molecule has 0 bridgehead atoms. The van der Waals surface area contributed by atoms with Crippen LogP contribution >= 0.6 is 0 Å². The molecular weight excluding hydrogens is 276 g/mol. The number of aliphatic hydroxyl groups excluding tert-OH is 1. The van der Waals surface area contributed by atoms with Gasteiger partial charge in [0, 0.05) is 5.92 Å². The van der Waals surface area contributed by atoms with E-state index in [1.807, 2.05) is 71.9 Å². The Hall–Kier alpha value is -1.35. The van der Waals surface area contributed by atoms with Crippen molar-refractivity contribution < 1.29 is 14.6 Å². The Bertz CT molecular complexity index is 362. The second-order valence-electron chi connectivity index (χ2n) is 4.21. The normalized spacial score (nSPS) is 21.9. The minimum Gasteiger partial charge on any atom is -0.469 e. The largest absolute Gasteiger partial charge is 0.469 e. The second kappa shape index (κ2) is 14.6. The summed E-state index contributed by atoms with van der Waals surface area (Å²) in [5.74, 6) is -0.540. The molecule has 128 valence electrons. The summed E-state index contributed by atoms with van der Waals surface area (Å²) in [4.78, 5) is 11.6. The Morgan fingerprint density at radius 3 is 1.95 bits per heavy atom. The van der Waals surface area contributed by atoms with Crippen molar-refractivity contribution in [2.24, 2.45) is 5.92 Å². The number of esters is 1. The maximum Gasteiger partial charge on any atom is 0.309 e. The van der Waals surface area contributed by atoms with Crippen LogP contribution in [0.5, 0.6) is 0 Å². The number of rotatable bonds is 2. The van der Waals surface area contributed by atoms with E-state index in [1.165, 1.54) is 7.11 Å². The zero-order valence-electron chi connectivity index (χ0n) is 15.3. The summed E-state index contributed by atoms with van der Waals surface area (Å²) in [5.41, 5.74) is 1.02. The van der Waals surface area contributed by atoms with Gasteiger partial charge in [0.25, 0.3) is 0 Å². The van der Waals surface area contributed by atoms with Gasteiger partial charge in [-0.2, -0.15) is 0 Å². The predicted molar refractivity (Wildman–Crippen MR) is 94.0 cm³/mol. The summed E-state index contributed by atoms with van der Waals surface area (Å²) in [7, 11) is 1.40. The van der Waals surface area contributed by atoms with Crippen LogP contribution in [0.3, 0.4) is 0 Å². The van der Waals surface area contributed by atoms with Gasteiger partial charge in [0.15, 0.2) is 0 Å². The average Bonchev–Trinajstić information content (AvgIpc) is 3.02. The lowest BCUT2D eigenvalue weighted by Crippen LogP contribution is -2.24. The first-order valence-electron chi connectivity index (χ1n) is 8.55. The maximum absolute atomic E-state index is 11.6. The molecule has 1 aliphatic carbocycles. The van der Waals surface area contributed by atoms with E-state index in [0.717, 1.165) is 5.56 Å². The quantitative estimate of drug-likeness (QED) is 0.799. The van der Waals surface area contributed by atoms with Crippen LogP contribution in [0, 0.1) is 5.92 Å². The molecule has 0 saturated heterocycles. The van der Waals surface area contributed by atoms with Gasteiger partial charge in [0.1, 0.15) is 0 Å². The number of hydrogen-bond donors (Lipinski definition) is 1. The lowest BCUT2D eigenvalue weighted by atomic mass is 9.88. The first kappa shape index (κ1) is 22.9. The topological polar surface area (TPSA) is 46.5 Å². The highest BCUT2D eigenvalue weighted by Gasteiger charge is 2.40. The third-order valence-electron chi connectivity index (χ3n) is 3.31. The van der Waals surface area contributed by atoms with E-state index in [9.17, 15) is 9.90 Å². The van der Waals surface area contributed by atoms with Crippen molar-refractivity contribution >= 4 is 5.97 Å². The molecule has 1 aromatic carbocycles. The molecule has 0 heterocycles. The average molecular weight is 310 g/mol. The number of methoxy groups -OCH3 is 1. The Kier molecular flexibility index (Phi) is 15.2. The molecule has 1 aromatic rings. The van der Waals surface area contributed by atoms with E-state index >= 15 is 0 Å². The van der Waals surface area contributed by atoms with E-state index in [1.54, 1.807) is 0 Å². The Morgan fingerprint density at radius 2 is 1.50 bits per heavy atom. The summed E-state index contributed by atoms with van der Waals surface area (Å²) >= 11 is 0. The van der Waals surface area contributed by atoms with Crippen molar-refractivity contribution in [2.75, 3.05) is 7.11 Å². The van der Waals surface area contributed by atoms with Crippen LogP contribution in [0.25, 0.3) is 0 Å². The van der Waals surface area contributed by atoms with E-state index in [4.69, 9.17) is 4.74 Å². The lowest BCUT2D eigenvalue weighted by molar-refractivity contribution is -0.146. The van der Waals surface area contributed by atoms with Crippen LogP contribution in [0.4, 0.5) is 0 Å². The molecule has 3 heteroatoms. The molecule has 2 rings (SSSR count). The third-order valence-corrected chi connectivity index (χ3v) is 3.31. The highest BCUT2D eigenvalue weighted by molar-refractivity contribution is 5.74. The number of hydrogen-bond acceptors (Lipinski definition) is 3. The van der Waals surface area contributed by atoms with E-state index in [2.05, 4.69) is 0 Å². The van der Waals surface area contributed by atoms with Crippen molar-refractivity contribution in [1.29, 1.82) is 0 Å². The van der Waals surface area contributed by atoms with Gasteiger partial charge >= 0.3 is 5.97 Å². The van der Waals surface area contributed by atoms with Gasteiger partial charge in [-0.15, -0.1) is 0 Å². The standard InChI is InChI=1S/C13H16O3.3C2H6/c1-16-13(15)10-7-8-11(14)12(10)9-5-3-2-4-6-9;3*1-2/h2-6,10-12,14H,7-8H2,1H3;3*1-2H3. The molecule has 3 atom stereocenters. The highest BCUT2D eigenvalue weighted by Crippen LogP contribution is 2.40. The maximum atomic E-state index is 11.6. The van der Waals surface area contributed by atoms with Crippen LogP contribution in [0.2, 0.25) is 0 Å². The summed E-state index contributed by atoms with van der Waals surface area (Å²) in [6.45, 7) is 12.0. The number of carbonyl (C=O) groups is 1. The van der Waals surface area contributed by atoms with Crippen LogP contribution in [-0.4, -0.2) is 24.3 Å². The van der Waals surface area contributed by atoms with Gasteiger partial charge in [0.2, 0.25) is 0 Å². The molecule has 0 amide bonds. The Morgan fingerprint density at radius 1 is 1.00 bits per heavy atom. The first-order valence-corrected chi connectivity index (χ1v) is 8.55. The molecule has 3 nitrogen and oxygen atoms in total. The predicted octanol–water partition coefficient (Wildman–Crippen LogP) is 4.79. The third kappa shape index (κ3) is 6.61. The van der Waals surface area contributed by atoms with E-state index in [0.29, 0.717) is 12.8 Å². The number of ether oxygens (including phenoxy) is 1. The fraction of sp³-hybridized carbons (Fsp3) is 0.632. The van der Waals surface area contributed by atoms with Crippen molar-refractivity contribution in [3.05, 3.63) is 35.9 Å². The smallest absolute Gasteiger partial charge is 0.309 e. The van der Waals surface area contributed by atoms with Crippen LogP contribution in [0.1, 0.15) is 65.9 Å². The van der Waals surface area contributed by atoms with Crippen LogP contribution in [0.15, 0.2) is 30.3 Å². The highest BCUT2D eigenvalue weighted by atomic mass is 16.5. The van der Waals surface area contributed by atoms with Crippen LogP contribution in [-0.2, 0) is 9.53 Å². The van der Waals surface area contributed by atoms with Gasteiger partial charge in [-0.25, -0.2) is 0 Å². The van der Waals surface area contributed by atoms with Crippen molar-refractivity contribution in [1.82, 2.24) is 0 Å². The lowest BCUT2D eigenvalue weighted by Gasteiger charge is -2.20. The fourth-order valence-electron chi connectivity index (χ4n) is 2.52. The fourth-order valence-corrected chi connectivity index (χ4v) is 2.52. The summed E-state index contributed by atoms with van der Waals surface area (Å²) < 4.78 is 4.78. The summed E-state index contributed by atoms with van der Waals surface area (Å²) in [5, 5.41) is 9.95. The van der Waals surface area contributed by atoms with Crippen molar-refractivity contribution in [3.8, 4) is 0 Å². The molecule has 0 aliphatic heterocycles. The molecule has 1 N–H and O–H groups in total. The molecular formula is C19H34O3. The van der Waals surface area contributed by atoms with Crippen molar-refractivity contribution in [3.63, 3.8) is 0 Å². The van der Waals surface area contributed by atoms with E-state index in [-0.39, 0.29) is 17.8 Å². The van der Waals surface area contributed by atoms with Crippen LogP contribution < -0.4 is 0 Å². The van der Waals surface area contributed by atoms with Gasteiger partial charge in [-0.1, -0.05) is 71.9 Å². The molecule has 3 unspecified atom stereocenters. The molecule has 22 heavy (non-hydrogen) atoms. The number of benzene rings is 1. The van der Waals surface area contributed by atoms with Crippen molar-refractivity contribution in [2.45, 2.75) is 66.4 Å². The molecule has 1 fully saturated rings. The minimum absolute atomic E-state index is 0.117. The number of carbonyl (C=O) groups excluding carboxylic acids is 1. The van der Waals surface area contributed by atoms with Gasteiger partial charge in [-0.3, -0.25) is 4.79 Å². The van der Waals surface area contributed by atoms with Gasteiger partial charge in [-0.05, 0) is 18.4 Å². The zero-order valence-corrected chi connectivity index (χ0v) is 15.3. The molecule has 0 spiro atoms. The van der Waals surface area contributed by atoms with Gasteiger partial charge < -0.3 is 9.84 Å². The summed E-state index contributed by atoms with van der Waals surface area (Å²) in [6.07, 6.45) is 0.929.